The highest BCUT2D eigenvalue weighted by atomic mass is 16.2. The number of anilines is 2. The van der Waals surface area contributed by atoms with Gasteiger partial charge < -0.3 is 10.2 Å². The van der Waals surface area contributed by atoms with Crippen molar-refractivity contribution in [1.29, 1.82) is 0 Å². The summed E-state index contributed by atoms with van der Waals surface area (Å²) in [4.78, 5) is 14.4. The summed E-state index contributed by atoms with van der Waals surface area (Å²) in [5.41, 5.74) is 4.78. The molecule has 1 aliphatic rings. The summed E-state index contributed by atoms with van der Waals surface area (Å²) in [5, 5.41) is 3.68. The van der Waals surface area contributed by atoms with Gasteiger partial charge in [0.05, 0.1) is 6.04 Å². The SMILES string of the molecule is CCCc1ccc(N[C@@H]2C[C@H](C)N(C(=O)CC)c3ccccc32)cc1. The quantitative estimate of drug-likeness (QED) is 0.800. The van der Waals surface area contributed by atoms with Crippen LogP contribution < -0.4 is 10.2 Å². The topological polar surface area (TPSA) is 32.3 Å². The van der Waals surface area contributed by atoms with Crippen LogP contribution >= 0.6 is 0 Å². The monoisotopic (exact) mass is 336 g/mol. The Morgan fingerprint density at radius 3 is 2.52 bits per heavy atom. The molecule has 1 N–H and O–H groups in total. The minimum Gasteiger partial charge on any atom is -0.378 e. The number of hydrogen-bond acceptors (Lipinski definition) is 2. The van der Waals surface area contributed by atoms with Crippen LogP contribution in [0.2, 0.25) is 0 Å². The van der Waals surface area contributed by atoms with E-state index < -0.39 is 0 Å². The molecule has 1 heterocycles. The second kappa shape index (κ2) is 7.73. The normalized spacial score (nSPS) is 19.4. The Labute approximate surface area is 151 Å². The molecule has 2 aromatic rings. The summed E-state index contributed by atoms with van der Waals surface area (Å²) < 4.78 is 0. The Morgan fingerprint density at radius 1 is 1.12 bits per heavy atom. The van der Waals surface area contributed by atoms with Crippen LogP contribution in [0.25, 0.3) is 0 Å². The fourth-order valence-corrected chi connectivity index (χ4v) is 3.76. The number of carbonyl (C=O) groups is 1. The molecule has 3 rings (SSSR count). The van der Waals surface area contributed by atoms with Crippen LogP contribution in [0.1, 0.15) is 57.2 Å². The van der Waals surface area contributed by atoms with Gasteiger partial charge in [0.25, 0.3) is 0 Å². The third-order valence-electron chi connectivity index (χ3n) is 4.99. The first-order chi connectivity index (χ1) is 12.1. The number of nitrogens with zero attached hydrogens (tertiary/aromatic N) is 1. The molecule has 0 aliphatic carbocycles. The second-order valence-corrected chi connectivity index (χ2v) is 6.90. The van der Waals surface area contributed by atoms with Crippen LogP contribution in [0.4, 0.5) is 11.4 Å². The number of nitrogens with one attached hydrogen (secondary N) is 1. The zero-order chi connectivity index (χ0) is 17.8. The smallest absolute Gasteiger partial charge is 0.226 e. The van der Waals surface area contributed by atoms with Gasteiger partial charge in [0, 0.05) is 23.8 Å². The minimum atomic E-state index is 0.194. The van der Waals surface area contributed by atoms with Crippen molar-refractivity contribution in [3.05, 3.63) is 59.7 Å². The Hall–Kier alpha value is -2.29. The summed E-state index contributed by atoms with van der Waals surface area (Å²) in [6.45, 7) is 6.28. The lowest BCUT2D eigenvalue weighted by Crippen LogP contribution is -2.44. The molecule has 3 nitrogen and oxygen atoms in total. The number of amides is 1. The Morgan fingerprint density at radius 2 is 1.84 bits per heavy atom. The first-order valence-electron chi connectivity index (χ1n) is 9.40. The average Bonchev–Trinajstić information content (AvgIpc) is 2.63. The van der Waals surface area contributed by atoms with Gasteiger partial charge >= 0.3 is 0 Å². The maximum absolute atomic E-state index is 12.4. The summed E-state index contributed by atoms with van der Waals surface area (Å²) in [6, 6.07) is 17.4. The molecule has 25 heavy (non-hydrogen) atoms. The highest BCUT2D eigenvalue weighted by molar-refractivity contribution is 5.95. The number of benzene rings is 2. The minimum absolute atomic E-state index is 0.194. The van der Waals surface area contributed by atoms with E-state index >= 15 is 0 Å². The van der Waals surface area contributed by atoms with Crippen LogP contribution in [0, 0.1) is 0 Å². The molecule has 0 aromatic heterocycles. The van der Waals surface area contributed by atoms with E-state index in [1.165, 1.54) is 17.5 Å². The standard InChI is InChI=1S/C22H28N2O/c1-4-8-17-11-13-18(14-12-17)23-20-15-16(3)24(22(25)5-2)21-10-7-6-9-19(20)21/h6-7,9-14,16,20,23H,4-5,8,15H2,1-3H3/t16-,20+/m0/s1. The van der Waals surface area contributed by atoms with Crippen LogP contribution in [0.5, 0.6) is 0 Å². The molecule has 0 fully saturated rings. The van der Waals surface area contributed by atoms with Crippen molar-refractivity contribution in [1.82, 2.24) is 0 Å². The Kier molecular flexibility index (Phi) is 5.42. The lowest BCUT2D eigenvalue weighted by Gasteiger charge is -2.40. The third kappa shape index (κ3) is 3.71. The highest BCUT2D eigenvalue weighted by Gasteiger charge is 2.32. The van der Waals surface area contributed by atoms with Gasteiger partial charge in [0.1, 0.15) is 0 Å². The van der Waals surface area contributed by atoms with E-state index in [0.717, 1.165) is 24.2 Å². The van der Waals surface area contributed by atoms with E-state index in [0.29, 0.717) is 6.42 Å². The molecule has 132 valence electrons. The van der Waals surface area contributed by atoms with Gasteiger partial charge in [-0.2, -0.15) is 0 Å². The molecule has 1 amide bonds. The largest absolute Gasteiger partial charge is 0.378 e. The molecule has 3 heteroatoms. The second-order valence-electron chi connectivity index (χ2n) is 6.90. The van der Waals surface area contributed by atoms with E-state index in [4.69, 9.17) is 0 Å². The van der Waals surface area contributed by atoms with Crippen LogP contribution in [0.3, 0.4) is 0 Å². The summed E-state index contributed by atoms with van der Waals surface area (Å²) >= 11 is 0. The number of hydrogen-bond donors (Lipinski definition) is 1. The molecule has 1 aliphatic heterocycles. The predicted octanol–water partition coefficient (Wildman–Crippen LogP) is 5.33. The van der Waals surface area contributed by atoms with E-state index in [9.17, 15) is 4.79 Å². The van der Waals surface area contributed by atoms with Gasteiger partial charge in [0.15, 0.2) is 0 Å². The van der Waals surface area contributed by atoms with Crippen molar-refractivity contribution in [2.75, 3.05) is 10.2 Å². The molecular weight excluding hydrogens is 308 g/mol. The van der Waals surface area contributed by atoms with Gasteiger partial charge in [-0.1, -0.05) is 50.6 Å². The Bertz CT molecular complexity index is 723. The maximum Gasteiger partial charge on any atom is 0.226 e. The lowest BCUT2D eigenvalue weighted by molar-refractivity contribution is -0.118. The van der Waals surface area contributed by atoms with Crippen LogP contribution in [0.15, 0.2) is 48.5 Å². The molecule has 0 spiro atoms. The van der Waals surface area contributed by atoms with Gasteiger partial charge in [0.2, 0.25) is 5.91 Å². The Balaban J connectivity index is 1.85. The van der Waals surface area contributed by atoms with Gasteiger partial charge in [-0.05, 0) is 49.1 Å². The molecule has 0 radical (unpaired) electrons. The lowest BCUT2D eigenvalue weighted by atomic mass is 9.91. The number of fused-ring (bicyclic) bond motifs is 1. The zero-order valence-corrected chi connectivity index (χ0v) is 15.5. The van der Waals surface area contributed by atoms with Crippen molar-refractivity contribution in [2.45, 2.75) is 58.5 Å². The van der Waals surface area contributed by atoms with Crippen molar-refractivity contribution in [3.63, 3.8) is 0 Å². The predicted molar refractivity (Wildman–Crippen MR) is 105 cm³/mol. The number of aryl methyl sites for hydroxylation is 1. The van der Waals surface area contributed by atoms with Gasteiger partial charge in [-0.15, -0.1) is 0 Å². The maximum atomic E-state index is 12.4. The molecule has 0 saturated heterocycles. The van der Waals surface area contributed by atoms with Crippen molar-refractivity contribution in [3.8, 4) is 0 Å². The molecule has 0 saturated carbocycles. The van der Waals surface area contributed by atoms with Crippen LogP contribution in [-0.2, 0) is 11.2 Å². The first kappa shape index (κ1) is 17.5. The van der Waals surface area contributed by atoms with E-state index in [2.05, 4.69) is 61.6 Å². The van der Waals surface area contributed by atoms with E-state index in [1.807, 2.05) is 17.9 Å². The third-order valence-corrected chi connectivity index (χ3v) is 4.99. The fraction of sp³-hybridized carbons (Fsp3) is 0.409. The van der Waals surface area contributed by atoms with E-state index in [1.54, 1.807) is 0 Å². The van der Waals surface area contributed by atoms with Crippen molar-refractivity contribution >= 4 is 17.3 Å². The fourth-order valence-electron chi connectivity index (χ4n) is 3.76. The number of carbonyl (C=O) groups excluding carboxylic acids is 1. The molecular formula is C22H28N2O. The number of rotatable bonds is 5. The van der Waals surface area contributed by atoms with E-state index in [-0.39, 0.29) is 18.0 Å². The van der Waals surface area contributed by atoms with Gasteiger partial charge in [-0.3, -0.25) is 4.79 Å². The molecule has 0 bridgehead atoms. The van der Waals surface area contributed by atoms with Crippen LogP contribution in [-0.4, -0.2) is 11.9 Å². The summed E-state index contributed by atoms with van der Waals surface area (Å²) in [6.07, 6.45) is 3.74. The highest BCUT2D eigenvalue weighted by Crippen LogP contribution is 2.39. The van der Waals surface area contributed by atoms with Crippen molar-refractivity contribution in [2.24, 2.45) is 0 Å². The summed E-state index contributed by atoms with van der Waals surface area (Å²) in [7, 11) is 0. The first-order valence-corrected chi connectivity index (χ1v) is 9.40. The van der Waals surface area contributed by atoms with Crippen molar-refractivity contribution < 1.29 is 4.79 Å². The molecule has 0 unspecified atom stereocenters. The number of para-hydroxylation sites is 1. The summed E-state index contributed by atoms with van der Waals surface area (Å²) in [5.74, 6) is 0.197. The molecule has 2 atom stereocenters. The van der Waals surface area contributed by atoms with Gasteiger partial charge in [-0.25, -0.2) is 0 Å². The molecule has 2 aromatic carbocycles. The zero-order valence-electron chi connectivity index (χ0n) is 15.5. The average molecular weight is 336 g/mol.